The zero-order valence-corrected chi connectivity index (χ0v) is 13.2. The molecule has 0 aliphatic heterocycles. The lowest BCUT2D eigenvalue weighted by Crippen LogP contribution is -2.25. The van der Waals surface area contributed by atoms with E-state index in [9.17, 15) is 8.42 Å². The number of benzene rings is 1. The Bertz CT molecular complexity index is 554. The maximum atomic E-state index is 11.9. The molecule has 0 spiro atoms. The molecule has 2 N–H and O–H groups in total. The van der Waals surface area contributed by atoms with Gasteiger partial charge in [-0.15, -0.1) is 0 Å². The van der Waals surface area contributed by atoms with Gasteiger partial charge < -0.3 is 9.47 Å². The molecule has 0 radical (unpaired) electrons. The minimum absolute atomic E-state index is 0.00810. The van der Waals surface area contributed by atoms with Crippen LogP contribution in [0.2, 0.25) is 0 Å². The average molecular weight is 302 g/mol. The third-order valence-corrected chi connectivity index (χ3v) is 4.17. The maximum Gasteiger partial charge on any atom is 0.242 e. The van der Waals surface area contributed by atoms with E-state index < -0.39 is 10.0 Å². The molecule has 1 rings (SSSR count). The molecule has 0 saturated heterocycles. The molecule has 0 atom stereocenters. The Morgan fingerprint density at radius 2 is 1.75 bits per heavy atom. The first-order chi connectivity index (χ1) is 9.38. The van der Waals surface area contributed by atoms with Crippen LogP contribution >= 0.6 is 0 Å². The van der Waals surface area contributed by atoms with Crippen molar-refractivity contribution in [2.45, 2.75) is 25.3 Å². The molecule has 1 aromatic rings. The van der Waals surface area contributed by atoms with Crippen LogP contribution in [0, 0.1) is 0 Å². The van der Waals surface area contributed by atoms with Gasteiger partial charge in [0.25, 0.3) is 0 Å². The largest absolute Gasteiger partial charge is 0.493 e. The Morgan fingerprint density at radius 1 is 1.15 bits per heavy atom. The third-order valence-electron chi connectivity index (χ3n) is 3.15. The van der Waals surface area contributed by atoms with Gasteiger partial charge in [0, 0.05) is 6.54 Å². The second-order valence-electron chi connectivity index (χ2n) is 4.30. The highest BCUT2D eigenvalue weighted by atomic mass is 32.2. The molecule has 6 nitrogen and oxygen atoms in total. The number of hydrogen-bond acceptors (Lipinski definition) is 5. The zero-order valence-electron chi connectivity index (χ0n) is 12.3. The lowest BCUT2D eigenvalue weighted by molar-refractivity contribution is 0.290. The van der Waals surface area contributed by atoms with Gasteiger partial charge in [0.05, 0.1) is 14.2 Å². The predicted octanol–water partition coefficient (Wildman–Crippen LogP) is 1.19. The van der Waals surface area contributed by atoms with Gasteiger partial charge in [0.15, 0.2) is 11.5 Å². The quantitative estimate of drug-likeness (QED) is 0.818. The van der Waals surface area contributed by atoms with Crippen LogP contribution in [-0.2, 0) is 16.6 Å². The van der Waals surface area contributed by atoms with E-state index in [-0.39, 0.29) is 10.6 Å². The van der Waals surface area contributed by atoms with Gasteiger partial charge in [0.1, 0.15) is 4.90 Å². The summed E-state index contributed by atoms with van der Waals surface area (Å²) >= 11 is 0. The van der Waals surface area contributed by atoms with E-state index in [1.165, 1.54) is 14.2 Å². The number of hydrogen-bond donors (Lipinski definition) is 1. The first kappa shape index (κ1) is 16.7. The van der Waals surface area contributed by atoms with E-state index in [1.807, 2.05) is 13.8 Å². The summed E-state index contributed by atoms with van der Waals surface area (Å²) in [6.07, 6.45) is 0. The molecular formula is C13H22N2O4S. The topological polar surface area (TPSA) is 81.9 Å². The summed E-state index contributed by atoms with van der Waals surface area (Å²) in [7, 11) is -1.05. The normalized spacial score (nSPS) is 11.7. The fourth-order valence-electron chi connectivity index (χ4n) is 2.06. The Labute approximate surface area is 120 Å². The molecule has 114 valence electrons. The maximum absolute atomic E-state index is 11.9. The van der Waals surface area contributed by atoms with Crippen LogP contribution in [0.5, 0.6) is 11.5 Å². The highest BCUT2D eigenvalue weighted by Gasteiger charge is 2.24. The summed E-state index contributed by atoms with van der Waals surface area (Å²) < 4.78 is 34.1. The fourth-order valence-corrected chi connectivity index (χ4v) is 3.00. The van der Waals surface area contributed by atoms with Gasteiger partial charge in [-0.25, -0.2) is 13.6 Å². The zero-order chi connectivity index (χ0) is 15.3. The highest BCUT2D eigenvalue weighted by molar-refractivity contribution is 7.89. The molecular weight excluding hydrogens is 280 g/mol. The molecule has 0 aromatic heterocycles. The first-order valence-electron chi connectivity index (χ1n) is 6.38. The number of sulfonamides is 1. The van der Waals surface area contributed by atoms with E-state index in [2.05, 4.69) is 4.90 Å². The van der Waals surface area contributed by atoms with Crippen molar-refractivity contribution in [1.29, 1.82) is 0 Å². The molecule has 0 heterocycles. The number of nitrogens with zero attached hydrogens (tertiary/aromatic N) is 1. The van der Waals surface area contributed by atoms with Crippen LogP contribution < -0.4 is 14.6 Å². The third kappa shape index (κ3) is 3.62. The van der Waals surface area contributed by atoms with Crippen LogP contribution in [0.25, 0.3) is 0 Å². The van der Waals surface area contributed by atoms with Gasteiger partial charge in [-0.2, -0.15) is 0 Å². The van der Waals surface area contributed by atoms with E-state index in [0.717, 1.165) is 13.1 Å². The average Bonchev–Trinajstić information content (AvgIpc) is 2.42. The van der Waals surface area contributed by atoms with E-state index in [1.54, 1.807) is 12.1 Å². The van der Waals surface area contributed by atoms with Crippen LogP contribution in [0.4, 0.5) is 0 Å². The molecule has 0 amide bonds. The minimum Gasteiger partial charge on any atom is -0.493 e. The lowest BCUT2D eigenvalue weighted by Gasteiger charge is -2.21. The van der Waals surface area contributed by atoms with E-state index in [0.29, 0.717) is 17.9 Å². The number of primary sulfonamides is 1. The molecule has 7 heteroatoms. The summed E-state index contributed by atoms with van der Waals surface area (Å²) in [6, 6.07) is 3.39. The molecule has 1 aromatic carbocycles. The number of rotatable bonds is 7. The summed E-state index contributed by atoms with van der Waals surface area (Å²) in [5.74, 6) is 0.500. The molecule has 20 heavy (non-hydrogen) atoms. The van der Waals surface area contributed by atoms with Crippen LogP contribution in [0.3, 0.4) is 0 Å². The second-order valence-corrected chi connectivity index (χ2v) is 5.79. The summed E-state index contributed by atoms with van der Waals surface area (Å²) in [6.45, 7) is 6.14. The molecule has 0 aliphatic rings. The standard InChI is InChI=1S/C13H22N2O4S/c1-5-15(6-2)9-10-7-8-11(18-3)12(19-4)13(10)20(14,16)17/h7-8H,5-6,9H2,1-4H3,(H2,14,16,17). The van der Waals surface area contributed by atoms with E-state index in [4.69, 9.17) is 14.6 Å². The van der Waals surface area contributed by atoms with Gasteiger partial charge in [-0.3, -0.25) is 4.90 Å². The lowest BCUT2D eigenvalue weighted by atomic mass is 10.2. The van der Waals surface area contributed by atoms with Gasteiger partial charge >= 0.3 is 0 Å². The molecule has 0 fully saturated rings. The number of methoxy groups -OCH3 is 2. The van der Waals surface area contributed by atoms with Gasteiger partial charge in [-0.05, 0) is 24.7 Å². The molecule has 0 saturated carbocycles. The van der Waals surface area contributed by atoms with Gasteiger partial charge in [-0.1, -0.05) is 19.9 Å². The minimum atomic E-state index is -3.90. The second kappa shape index (κ2) is 6.92. The monoisotopic (exact) mass is 302 g/mol. The molecule has 0 bridgehead atoms. The number of nitrogens with two attached hydrogens (primary N) is 1. The Kier molecular flexibility index (Phi) is 5.79. The van der Waals surface area contributed by atoms with Crippen molar-refractivity contribution in [2.24, 2.45) is 5.14 Å². The number of ether oxygens (including phenoxy) is 2. The van der Waals surface area contributed by atoms with Crippen molar-refractivity contribution in [1.82, 2.24) is 4.90 Å². The SMILES string of the molecule is CCN(CC)Cc1ccc(OC)c(OC)c1S(N)(=O)=O. The van der Waals surface area contributed by atoms with Gasteiger partial charge in [0.2, 0.25) is 10.0 Å². The van der Waals surface area contributed by atoms with Crippen LogP contribution in [-0.4, -0.2) is 40.6 Å². The first-order valence-corrected chi connectivity index (χ1v) is 7.92. The van der Waals surface area contributed by atoms with Crippen molar-refractivity contribution in [3.63, 3.8) is 0 Å². The van der Waals surface area contributed by atoms with Crippen LogP contribution in [0.1, 0.15) is 19.4 Å². The Morgan fingerprint density at radius 3 is 2.15 bits per heavy atom. The van der Waals surface area contributed by atoms with Crippen molar-refractivity contribution >= 4 is 10.0 Å². The van der Waals surface area contributed by atoms with Crippen molar-refractivity contribution < 1.29 is 17.9 Å². The smallest absolute Gasteiger partial charge is 0.242 e. The van der Waals surface area contributed by atoms with Crippen LogP contribution in [0.15, 0.2) is 17.0 Å². The summed E-state index contributed by atoms with van der Waals surface area (Å²) in [5, 5.41) is 5.33. The molecule has 0 aliphatic carbocycles. The van der Waals surface area contributed by atoms with Crippen molar-refractivity contribution in [2.75, 3.05) is 27.3 Å². The highest BCUT2D eigenvalue weighted by Crippen LogP contribution is 2.36. The Balaban J connectivity index is 3.45. The summed E-state index contributed by atoms with van der Waals surface area (Å²) in [4.78, 5) is 2.09. The fraction of sp³-hybridized carbons (Fsp3) is 0.538. The predicted molar refractivity (Wildman–Crippen MR) is 77.5 cm³/mol. The van der Waals surface area contributed by atoms with Crippen molar-refractivity contribution in [3.8, 4) is 11.5 Å². The molecule has 0 unspecified atom stereocenters. The summed E-state index contributed by atoms with van der Waals surface area (Å²) in [5.41, 5.74) is 0.605. The Hall–Kier alpha value is -1.31. The van der Waals surface area contributed by atoms with E-state index >= 15 is 0 Å². The van der Waals surface area contributed by atoms with Crippen molar-refractivity contribution in [3.05, 3.63) is 17.7 Å².